The van der Waals surface area contributed by atoms with E-state index < -0.39 is 0 Å². The van der Waals surface area contributed by atoms with Crippen molar-refractivity contribution in [2.75, 3.05) is 0 Å². The zero-order valence-electron chi connectivity index (χ0n) is 5.70. The summed E-state index contributed by atoms with van der Waals surface area (Å²) in [6.07, 6.45) is 0. The average molecular weight is 220 g/mol. The van der Waals surface area contributed by atoms with Gasteiger partial charge in [-0.2, -0.15) is 0 Å². The Morgan fingerprint density at radius 1 is 1.50 bits per heavy atom. The highest BCUT2D eigenvalue weighted by Gasteiger charge is 1.98. The Hall–Kier alpha value is -0.0100. The third-order valence-electron chi connectivity index (χ3n) is 1.52. The molecular formula is C8H8BrCl. The van der Waals surface area contributed by atoms with Crippen LogP contribution in [-0.2, 0) is 5.88 Å². The van der Waals surface area contributed by atoms with E-state index in [2.05, 4.69) is 22.9 Å². The van der Waals surface area contributed by atoms with E-state index in [1.165, 1.54) is 11.1 Å². The fourth-order valence-electron chi connectivity index (χ4n) is 0.797. The SMILES string of the molecule is Cc1c(Br)cccc1CCl. The molecule has 0 saturated carbocycles. The van der Waals surface area contributed by atoms with Crippen molar-refractivity contribution in [2.45, 2.75) is 12.8 Å². The van der Waals surface area contributed by atoms with Crippen LogP contribution >= 0.6 is 27.5 Å². The lowest BCUT2D eigenvalue weighted by molar-refractivity contribution is 1.28. The van der Waals surface area contributed by atoms with Gasteiger partial charge in [0, 0.05) is 10.4 Å². The molecule has 0 atom stereocenters. The molecule has 1 aromatic rings. The summed E-state index contributed by atoms with van der Waals surface area (Å²) in [5.41, 5.74) is 2.42. The molecule has 0 radical (unpaired) electrons. The predicted molar refractivity (Wildman–Crippen MR) is 48.4 cm³/mol. The molecule has 54 valence electrons. The smallest absolute Gasteiger partial charge is 0.0477 e. The minimum absolute atomic E-state index is 0.589. The van der Waals surface area contributed by atoms with E-state index in [0.29, 0.717) is 5.88 Å². The summed E-state index contributed by atoms with van der Waals surface area (Å²) >= 11 is 9.11. The Bertz CT molecular complexity index is 233. The van der Waals surface area contributed by atoms with Crippen LogP contribution in [0.15, 0.2) is 22.7 Å². The first-order valence-electron chi connectivity index (χ1n) is 3.05. The van der Waals surface area contributed by atoms with Crippen molar-refractivity contribution in [1.29, 1.82) is 0 Å². The van der Waals surface area contributed by atoms with E-state index >= 15 is 0 Å². The zero-order valence-corrected chi connectivity index (χ0v) is 8.04. The Labute approximate surface area is 74.3 Å². The maximum Gasteiger partial charge on any atom is 0.0477 e. The molecule has 0 aliphatic heterocycles. The van der Waals surface area contributed by atoms with Crippen LogP contribution in [0.5, 0.6) is 0 Å². The maximum atomic E-state index is 5.68. The fourth-order valence-corrected chi connectivity index (χ4v) is 1.49. The van der Waals surface area contributed by atoms with E-state index in [1.807, 2.05) is 18.2 Å². The van der Waals surface area contributed by atoms with Gasteiger partial charge in [0.25, 0.3) is 0 Å². The molecule has 0 aromatic heterocycles. The second kappa shape index (κ2) is 3.40. The van der Waals surface area contributed by atoms with Crippen molar-refractivity contribution in [1.82, 2.24) is 0 Å². The van der Waals surface area contributed by atoms with E-state index in [9.17, 15) is 0 Å². The van der Waals surface area contributed by atoms with Gasteiger partial charge in [-0.05, 0) is 24.1 Å². The van der Waals surface area contributed by atoms with Crippen LogP contribution in [0.4, 0.5) is 0 Å². The van der Waals surface area contributed by atoms with Crippen molar-refractivity contribution in [3.8, 4) is 0 Å². The van der Waals surface area contributed by atoms with Crippen LogP contribution < -0.4 is 0 Å². The molecule has 2 heteroatoms. The highest BCUT2D eigenvalue weighted by molar-refractivity contribution is 9.10. The van der Waals surface area contributed by atoms with Crippen LogP contribution in [0.2, 0.25) is 0 Å². The molecule has 0 saturated heterocycles. The number of rotatable bonds is 1. The molecule has 0 spiro atoms. The minimum Gasteiger partial charge on any atom is -0.122 e. The van der Waals surface area contributed by atoms with Crippen LogP contribution in [0.1, 0.15) is 11.1 Å². The lowest BCUT2D eigenvalue weighted by atomic mass is 10.1. The summed E-state index contributed by atoms with van der Waals surface area (Å²) in [6.45, 7) is 2.06. The highest BCUT2D eigenvalue weighted by Crippen LogP contribution is 2.20. The second-order valence-electron chi connectivity index (χ2n) is 2.16. The van der Waals surface area contributed by atoms with Crippen molar-refractivity contribution >= 4 is 27.5 Å². The van der Waals surface area contributed by atoms with Gasteiger partial charge in [0.1, 0.15) is 0 Å². The molecule has 0 bridgehead atoms. The van der Waals surface area contributed by atoms with Crippen LogP contribution in [0, 0.1) is 6.92 Å². The Morgan fingerprint density at radius 2 is 2.20 bits per heavy atom. The average Bonchev–Trinajstić information content (AvgIpc) is 1.95. The zero-order chi connectivity index (χ0) is 7.56. The van der Waals surface area contributed by atoms with Crippen LogP contribution in [0.25, 0.3) is 0 Å². The number of hydrogen-bond acceptors (Lipinski definition) is 0. The first kappa shape index (κ1) is 8.09. The monoisotopic (exact) mass is 218 g/mol. The van der Waals surface area contributed by atoms with E-state index in [0.717, 1.165) is 4.47 Å². The predicted octanol–water partition coefficient (Wildman–Crippen LogP) is 3.50. The summed E-state index contributed by atoms with van der Waals surface area (Å²) < 4.78 is 1.13. The lowest BCUT2D eigenvalue weighted by Crippen LogP contribution is -1.84. The quantitative estimate of drug-likeness (QED) is 0.634. The van der Waals surface area contributed by atoms with Crippen molar-refractivity contribution in [3.05, 3.63) is 33.8 Å². The van der Waals surface area contributed by atoms with Gasteiger partial charge in [0.05, 0.1) is 0 Å². The van der Waals surface area contributed by atoms with Crippen LogP contribution in [0.3, 0.4) is 0 Å². The summed E-state index contributed by atoms with van der Waals surface area (Å²) in [6, 6.07) is 6.05. The minimum atomic E-state index is 0.589. The molecule has 10 heavy (non-hydrogen) atoms. The van der Waals surface area contributed by atoms with Gasteiger partial charge in [-0.1, -0.05) is 28.1 Å². The second-order valence-corrected chi connectivity index (χ2v) is 3.28. The van der Waals surface area contributed by atoms with E-state index in [-0.39, 0.29) is 0 Å². The number of hydrogen-bond donors (Lipinski definition) is 0. The summed E-state index contributed by atoms with van der Waals surface area (Å²) in [4.78, 5) is 0. The van der Waals surface area contributed by atoms with Gasteiger partial charge < -0.3 is 0 Å². The largest absolute Gasteiger partial charge is 0.122 e. The van der Waals surface area contributed by atoms with Gasteiger partial charge in [0.15, 0.2) is 0 Å². The maximum absolute atomic E-state index is 5.68. The third-order valence-corrected chi connectivity index (χ3v) is 2.67. The molecule has 1 aromatic carbocycles. The van der Waals surface area contributed by atoms with Crippen LogP contribution in [-0.4, -0.2) is 0 Å². The highest BCUT2D eigenvalue weighted by atomic mass is 79.9. The third kappa shape index (κ3) is 1.53. The molecule has 0 fully saturated rings. The van der Waals surface area contributed by atoms with E-state index in [4.69, 9.17) is 11.6 Å². The molecule has 0 aliphatic rings. The molecule has 0 amide bonds. The lowest BCUT2D eigenvalue weighted by Gasteiger charge is -2.01. The summed E-state index contributed by atoms with van der Waals surface area (Å²) in [7, 11) is 0. The summed E-state index contributed by atoms with van der Waals surface area (Å²) in [5.74, 6) is 0.589. The molecule has 1 rings (SSSR count). The van der Waals surface area contributed by atoms with Crippen molar-refractivity contribution in [2.24, 2.45) is 0 Å². The molecule has 0 heterocycles. The standard InChI is InChI=1S/C8H8BrCl/c1-6-7(5-10)3-2-4-8(6)9/h2-4H,5H2,1H3. The van der Waals surface area contributed by atoms with Gasteiger partial charge in [-0.15, -0.1) is 11.6 Å². The topological polar surface area (TPSA) is 0 Å². The number of halogens is 2. The van der Waals surface area contributed by atoms with Gasteiger partial charge in [-0.3, -0.25) is 0 Å². The molecule has 0 nitrogen and oxygen atoms in total. The Balaban J connectivity index is 3.14. The van der Waals surface area contributed by atoms with Gasteiger partial charge >= 0.3 is 0 Å². The molecular weight excluding hydrogens is 211 g/mol. The van der Waals surface area contributed by atoms with Gasteiger partial charge in [0.2, 0.25) is 0 Å². The van der Waals surface area contributed by atoms with Crippen molar-refractivity contribution < 1.29 is 0 Å². The van der Waals surface area contributed by atoms with E-state index in [1.54, 1.807) is 0 Å². The molecule has 0 unspecified atom stereocenters. The molecule has 0 aliphatic carbocycles. The fraction of sp³-hybridized carbons (Fsp3) is 0.250. The number of benzene rings is 1. The van der Waals surface area contributed by atoms with Crippen molar-refractivity contribution in [3.63, 3.8) is 0 Å². The molecule has 0 N–H and O–H groups in total. The first-order valence-corrected chi connectivity index (χ1v) is 4.38. The van der Waals surface area contributed by atoms with Gasteiger partial charge in [-0.25, -0.2) is 0 Å². The number of alkyl halides is 1. The first-order chi connectivity index (χ1) is 4.75. The Morgan fingerprint density at radius 3 is 2.70 bits per heavy atom. The normalized spacial score (nSPS) is 9.90. The Kier molecular flexibility index (Phi) is 2.75. The summed E-state index contributed by atoms with van der Waals surface area (Å²) in [5, 5.41) is 0.